The molecule has 3 N–H and O–H groups in total. The molecule has 0 saturated carbocycles. The number of thiophene rings is 1. The summed E-state index contributed by atoms with van der Waals surface area (Å²) in [5.41, 5.74) is 6.08. The van der Waals surface area contributed by atoms with Gasteiger partial charge in [0, 0.05) is 80.0 Å². The third-order valence-corrected chi connectivity index (χ3v) is 14.7. The molecule has 0 aliphatic carbocycles. The highest BCUT2D eigenvalue weighted by molar-refractivity contribution is 7.18. The number of aromatic hydroxyl groups is 1. The average Bonchev–Trinajstić information content (AvgIpc) is 4.09. The molecule has 328 valence electrons. The van der Waals surface area contributed by atoms with Crippen molar-refractivity contribution in [2.45, 2.75) is 64.1 Å². The van der Waals surface area contributed by atoms with Crippen LogP contribution in [0.15, 0.2) is 76.8 Å². The van der Waals surface area contributed by atoms with Gasteiger partial charge in [0.2, 0.25) is 17.7 Å². The van der Waals surface area contributed by atoms with Crippen LogP contribution in [0.1, 0.15) is 67.0 Å². The van der Waals surface area contributed by atoms with Crippen LogP contribution in [0.5, 0.6) is 5.75 Å². The Balaban J connectivity index is 0.765. The number of aryl methyl sites for hydroxylation is 1. The van der Waals surface area contributed by atoms with Crippen LogP contribution in [-0.4, -0.2) is 127 Å². The summed E-state index contributed by atoms with van der Waals surface area (Å²) in [5, 5.41) is 38.2. The molecule has 4 aromatic heterocycles. The molecule has 1 unspecified atom stereocenters. The number of para-hydroxylation sites is 1. The number of benzene rings is 2. The quantitative estimate of drug-likeness (QED) is 0.134. The number of aromatic nitrogens is 4. The Morgan fingerprint density at radius 3 is 2.43 bits per heavy atom. The van der Waals surface area contributed by atoms with Crippen molar-refractivity contribution < 1.29 is 29.1 Å². The molecule has 3 saturated heterocycles. The van der Waals surface area contributed by atoms with Gasteiger partial charge in [-0.25, -0.2) is 4.98 Å². The largest absolute Gasteiger partial charge is 0.507 e. The number of phenolic OH excluding ortho intramolecular Hbond substituents is 1. The number of fused-ring (bicyclic) bond motifs is 1. The van der Waals surface area contributed by atoms with Gasteiger partial charge in [0.25, 0.3) is 0 Å². The van der Waals surface area contributed by atoms with Crippen molar-refractivity contribution in [2.75, 3.05) is 57.3 Å². The van der Waals surface area contributed by atoms with Gasteiger partial charge in [0.15, 0.2) is 11.6 Å². The maximum Gasteiger partial charge on any atom is 0.243 e. The van der Waals surface area contributed by atoms with Gasteiger partial charge >= 0.3 is 0 Å². The summed E-state index contributed by atoms with van der Waals surface area (Å²) in [5.74, 6) is 0.0984. The van der Waals surface area contributed by atoms with Gasteiger partial charge in [-0.05, 0) is 55.2 Å². The Hall–Kier alpha value is -5.75. The zero-order chi connectivity index (χ0) is 43.9. The molecule has 0 spiro atoms. The molecule has 3 fully saturated rings. The van der Waals surface area contributed by atoms with Gasteiger partial charge < -0.3 is 34.8 Å². The van der Waals surface area contributed by atoms with Gasteiger partial charge in [0.1, 0.15) is 22.5 Å². The molecule has 0 radical (unpaired) electrons. The first-order chi connectivity index (χ1) is 30.4. The van der Waals surface area contributed by atoms with E-state index < -0.39 is 18.1 Å². The molecule has 3 aliphatic rings. The van der Waals surface area contributed by atoms with Crippen LogP contribution >= 0.6 is 22.7 Å². The number of piperazine rings is 1. The van der Waals surface area contributed by atoms with Crippen LogP contribution in [0.3, 0.4) is 0 Å². The average molecular weight is 890 g/mol. The van der Waals surface area contributed by atoms with E-state index >= 15 is 0 Å². The molecule has 9 rings (SSSR count). The zero-order valence-electron chi connectivity index (χ0n) is 35.7. The molecule has 15 nitrogen and oxygen atoms in total. The van der Waals surface area contributed by atoms with Crippen LogP contribution in [0.4, 0.5) is 5.82 Å². The van der Waals surface area contributed by atoms with Crippen molar-refractivity contribution in [3.8, 4) is 27.4 Å². The highest BCUT2D eigenvalue weighted by atomic mass is 32.1. The molecule has 63 heavy (non-hydrogen) atoms. The third kappa shape index (κ3) is 8.79. The van der Waals surface area contributed by atoms with E-state index in [1.165, 1.54) is 9.78 Å². The number of aliphatic hydroxyl groups is 1. The lowest BCUT2D eigenvalue weighted by atomic mass is 9.91. The van der Waals surface area contributed by atoms with E-state index in [9.17, 15) is 24.6 Å². The summed E-state index contributed by atoms with van der Waals surface area (Å²) in [6.45, 7) is 12.0. The van der Waals surface area contributed by atoms with Crippen LogP contribution in [0.25, 0.3) is 31.9 Å². The Morgan fingerprint density at radius 1 is 0.952 bits per heavy atom. The number of nitrogens with one attached hydrogen (secondary N) is 1. The minimum absolute atomic E-state index is 0.0511. The number of carbonyl (C=O) groups excluding carboxylic acids is 3. The Morgan fingerprint density at radius 2 is 1.71 bits per heavy atom. The van der Waals surface area contributed by atoms with Gasteiger partial charge in [-0.3, -0.25) is 19.3 Å². The van der Waals surface area contributed by atoms with Crippen molar-refractivity contribution >= 4 is 56.4 Å². The summed E-state index contributed by atoms with van der Waals surface area (Å²) >= 11 is 3.21. The number of nitrogens with zero attached hydrogens (tertiary/aromatic N) is 8. The fourth-order valence-corrected chi connectivity index (χ4v) is 10.8. The van der Waals surface area contributed by atoms with E-state index in [1.807, 2.05) is 80.6 Å². The summed E-state index contributed by atoms with van der Waals surface area (Å²) in [6.07, 6.45) is -0.683. The molecule has 7 heterocycles. The molecule has 3 aliphatic heterocycles. The number of anilines is 1. The van der Waals surface area contributed by atoms with Crippen LogP contribution < -0.4 is 10.2 Å². The molecule has 0 bridgehead atoms. The number of β-amino-alcohol motifs (C(OH)–C–C–N with tert-alkyl or cyclic N) is 1. The molecule has 4 atom stereocenters. The van der Waals surface area contributed by atoms with E-state index in [2.05, 4.69) is 41.5 Å². The predicted molar refractivity (Wildman–Crippen MR) is 242 cm³/mol. The van der Waals surface area contributed by atoms with Crippen molar-refractivity contribution in [2.24, 2.45) is 5.92 Å². The number of amides is 3. The van der Waals surface area contributed by atoms with E-state index in [4.69, 9.17) is 4.52 Å². The standard InChI is InChI=1S/C46H51N9O6S2/c1-26(2)42(46(60)55-23-33(56)19-36(55)44(59)48-27(3)29-9-11-30(12-10-29)43-28(4)47-25-62-43)38-20-40(51-61-38)53-13-15-54(16-14-53)41(58)24-52-21-32(22-52)39-18-31-17-35(49-50-45(31)63-39)34-7-5-6-8-37(34)57/h5-12,17-18,20,25-27,32-33,36,42,56-57H,13-16,19,21-24H2,1-4H3,(H,48,59)/t27-,33+,36?,42+/m0/s1. The monoisotopic (exact) mass is 889 g/mol. The minimum atomic E-state index is -0.832. The second kappa shape index (κ2) is 17.8. The van der Waals surface area contributed by atoms with E-state index in [-0.39, 0.29) is 48.4 Å². The lowest BCUT2D eigenvalue weighted by Crippen LogP contribution is -2.54. The van der Waals surface area contributed by atoms with Crippen LogP contribution in [-0.2, 0) is 14.4 Å². The first-order valence-electron chi connectivity index (χ1n) is 21.5. The first-order valence-corrected chi connectivity index (χ1v) is 23.2. The third-order valence-electron chi connectivity index (χ3n) is 12.6. The Kier molecular flexibility index (Phi) is 12.0. The second-order valence-electron chi connectivity index (χ2n) is 17.2. The highest BCUT2D eigenvalue weighted by Crippen LogP contribution is 2.38. The molecule has 3 amide bonds. The normalized spacial score (nSPS) is 19.4. The Labute approximate surface area is 373 Å². The van der Waals surface area contributed by atoms with Gasteiger partial charge in [-0.2, -0.15) is 0 Å². The van der Waals surface area contributed by atoms with Crippen molar-refractivity contribution in [1.29, 1.82) is 0 Å². The lowest BCUT2D eigenvalue weighted by molar-refractivity contribution is -0.141. The first kappa shape index (κ1) is 42.5. The van der Waals surface area contributed by atoms with Gasteiger partial charge in [0.05, 0.1) is 40.5 Å². The molecule has 2 aromatic carbocycles. The molecule has 6 aromatic rings. The van der Waals surface area contributed by atoms with Crippen LogP contribution in [0.2, 0.25) is 0 Å². The van der Waals surface area contributed by atoms with Crippen molar-refractivity contribution in [1.82, 2.24) is 40.4 Å². The smallest absolute Gasteiger partial charge is 0.243 e. The Bertz CT molecular complexity index is 2610. The number of hydrogen-bond acceptors (Lipinski definition) is 14. The van der Waals surface area contributed by atoms with E-state index in [1.54, 1.807) is 40.9 Å². The summed E-state index contributed by atoms with van der Waals surface area (Å²) in [4.78, 5) is 56.6. The maximum absolute atomic E-state index is 14.3. The number of carbonyl (C=O) groups is 3. The molecule has 17 heteroatoms. The fraction of sp³-hybridized carbons (Fsp3) is 0.413. The van der Waals surface area contributed by atoms with Crippen molar-refractivity contribution in [3.05, 3.63) is 94.1 Å². The number of hydrogen-bond donors (Lipinski definition) is 3. The number of aliphatic hydroxyl groups excluding tert-OH is 1. The summed E-state index contributed by atoms with van der Waals surface area (Å²) in [7, 11) is 0. The maximum atomic E-state index is 14.3. The van der Waals surface area contributed by atoms with Crippen molar-refractivity contribution in [3.63, 3.8) is 0 Å². The lowest BCUT2D eigenvalue weighted by Gasteiger charge is -2.40. The van der Waals surface area contributed by atoms with E-state index in [0.717, 1.165) is 45.0 Å². The summed E-state index contributed by atoms with van der Waals surface area (Å²) < 4.78 is 5.85. The van der Waals surface area contributed by atoms with Crippen LogP contribution in [0, 0.1) is 12.8 Å². The number of rotatable bonds is 12. The fourth-order valence-electron chi connectivity index (χ4n) is 8.94. The number of likely N-dealkylation sites (tertiary alicyclic amines) is 2. The predicted octanol–water partition coefficient (Wildman–Crippen LogP) is 5.81. The molecular weight excluding hydrogens is 839 g/mol. The highest BCUT2D eigenvalue weighted by Gasteiger charge is 2.44. The van der Waals surface area contributed by atoms with E-state index in [0.29, 0.717) is 61.5 Å². The minimum Gasteiger partial charge on any atom is -0.507 e. The molecular formula is C46H51N9O6S2. The summed E-state index contributed by atoms with van der Waals surface area (Å²) in [6, 6.07) is 19.9. The van der Waals surface area contributed by atoms with Gasteiger partial charge in [-0.1, -0.05) is 55.4 Å². The van der Waals surface area contributed by atoms with Gasteiger partial charge in [-0.15, -0.1) is 32.9 Å². The second-order valence-corrected chi connectivity index (χ2v) is 19.2. The SMILES string of the molecule is Cc1ncsc1-c1ccc([C@H](C)NC(=O)C2C[C@@H](O)CN2C(=O)[C@@H](c2cc(N3CCN(C(=O)CN4CC(c5cc6cc(-c7ccccc7O)nnc6s5)C4)CC3)no2)C(C)C)cc1. The number of thiazole rings is 1. The topological polar surface area (TPSA) is 181 Å². The zero-order valence-corrected chi connectivity index (χ0v) is 37.3. The number of phenols is 1.